The summed E-state index contributed by atoms with van der Waals surface area (Å²) in [6.45, 7) is 7.59. The number of aliphatic carboxylic acids is 1. The van der Waals surface area contributed by atoms with Gasteiger partial charge in [-0.2, -0.15) is 0 Å². The molecule has 1 atom stereocenters. The van der Waals surface area contributed by atoms with Crippen molar-refractivity contribution in [1.29, 1.82) is 0 Å². The molecule has 0 fully saturated rings. The van der Waals surface area contributed by atoms with Gasteiger partial charge < -0.3 is 10.8 Å². The number of hydrogen-bond acceptors (Lipinski definition) is 2. The van der Waals surface area contributed by atoms with Gasteiger partial charge in [-0.1, -0.05) is 20.8 Å². The average molecular weight is 196 g/mol. The van der Waals surface area contributed by atoms with Crippen LogP contribution >= 0.6 is 12.4 Å². The third-order valence-electron chi connectivity index (χ3n) is 2.23. The zero-order valence-corrected chi connectivity index (χ0v) is 8.86. The zero-order valence-electron chi connectivity index (χ0n) is 8.05. The molecule has 3 nitrogen and oxygen atoms in total. The highest BCUT2D eigenvalue weighted by Crippen LogP contribution is 2.30. The lowest BCUT2D eigenvalue weighted by Crippen LogP contribution is -2.50. The van der Waals surface area contributed by atoms with Crippen LogP contribution in [0, 0.1) is 5.41 Å². The van der Waals surface area contributed by atoms with E-state index in [0.717, 1.165) is 0 Å². The summed E-state index contributed by atoms with van der Waals surface area (Å²) in [5.41, 5.74) is 5.00. The van der Waals surface area contributed by atoms with E-state index in [1.165, 1.54) is 0 Å². The lowest BCUT2D eigenvalue weighted by molar-refractivity contribution is -0.139. The molecule has 0 aliphatic carbocycles. The largest absolute Gasteiger partial charge is 0.481 e. The van der Waals surface area contributed by atoms with Crippen molar-refractivity contribution in [2.24, 2.45) is 11.1 Å². The SMILES string of the molecule is CC(C)(C)C(C)(N)CC(=O)O.Cl. The molecule has 0 aromatic heterocycles. The predicted molar refractivity (Wildman–Crippen MR) is 51.5 cm³/mol. The molecule has 74 valence electrons. The smallest absolute Gasteiger partial charge is 0.305 e. The Morgan fingerprint density at radius 3 is 1.75 bits per heavy atom. The lowest BCUT2D eigenvalue weighted by atomic mass is 9.74. The Morgan fingerprint density at radius 1 is 1.33 bits per heavy atom. The Balaban J connectivity index is 0. The van der Waals surface area contributed by atoms with Crippen LogP contribution in [0.25, 0.3) is 0 Å². The number of carboxylic acids is 1. The number of halogens is 1. The molecule has 0 saturated carbocycles. The van der Waals surface area contributed by atoms with Crippen LogP contribution in [-0.4, -0.2) is 16.6 Å². The topological polar surface area (TPSA) is 63.3 Å². The Hall–Kier alpha value is -0.280. The van der Waals surface area contributed by atoms with Crippen LogP contribution in [0.3, 0.4) is 0 Å². The molecule has 4 heteroatoms. The highest BCUT2D eigenvalue weighted by atomic mass is 35.5. The van der Waals surface area contributed by atoms with Crippen molar-refractivity contribution in [3.05, 3.63) is 0 Å². The van der Waals surface area contributed by atoms with Crippen molar-refractivity contribution in [3.8, 4) is 0 Å². The molecule has 0 aliphatic rings. The van der Waals surface area contributed by atoms with Crippen LogP contribution in [0.5, 0.6) is 0 Å². The van der Waals surface area contributed by atoms with E-state index in [9.17, 15) is 4.79 Å². The van der Waals surface area contributed by atoms with Gasteiger partial charge in [0.1, 0.15) is 0 Å². The normalized spacial score (nSPS) is 16.1. The van der Waals surface area contributed by atoms with E-state index in [2.05, 4.69) is 0 Å². The van der Waals surface area contributed by atoms with Crippen LogP contribution in [-0.2, 0) is 4.79 Å². The molecule has 3 N–H and O–H groups in total. The van der Waals surface area contributed by atoms with Gasteiger partial charge in [-0.05, 0) is 12.3 Å². The molecule has 0 heterocycles. The first-order valence-corrected chi connectivity index (χ1v) is 3.67. The molecule has 0 aliphatic heterocycles. The van der Waals surface area contributed by atoms with Gasteiger partial charge in [0.15, 0.2) is 0 Å². The number of carbonyl (C=O) groups is 1. The quantitative estimate of drug-likeness (QED) is 0.704. The van der Waals surface area contributed by atoms with Gasteiger partial charge in [-0.25, -0.2) is 0 Å². The zero-order chi connectivity index (χ0) is 9.28. The molecule has 0 amide bonds. The third kappa shape index (κ3) is 3.93. The summed E-state index contributed by atoms with van der Waals surface area (Å²) in [5, 5.41) is 8.53. The van der Waals surface area contributed by atoms with Gasteiger partial charge in [0.05, 0.1) is 6.42 Å². The standard InChI is InChI=1S/C8H17NO2.ClH/c1-7(2,3)8(4,9)5-6(10)11;/h5,9H2,1-4H3,(H,10,11);1H. The van der Waals surface area contributed by atoms with Gasteiger partial charge in [-0.3, -0.25) is 4.79 Å². The maximum Gasteiger partial charge on any atom is 0.305 e. The maximum absolute atomic E-state index is 10.4. The molecule has 0 radical (unpaired) electrons. The van der Waals surface area contributed by atoms with E-state index in [1.807, 2.05) is 20.8 Å². The highest BCUT2D eigenvalue weighted by Gasteiger charge is 2.35. The number of carboxylic acid groups (broad SMARTS) is 1. The van der Waals surface area contributed by atoms with Crippen molar-refractivity contribution in [2.45, 2.75) is 39.7 Å². The fraction of sp³-hybridized carbons (Fsp3) is 0.875. The number of rotatable bonds is 2. The van der Waals surface area contributed by atoms with Gasteiger partial charge >= 0.3 is 5.97 Å². The van der Waals surface area contributed by atoms with Crippen LogP contribution in [0.4, 0.5) is 0 Å². The summed E-state index contributed by atoms with van der Waals surface area (Å²) in [4.78, 5) is 10.4. The predicted octanol–water partition coefficient (Wildman–Crippen LogP) is 1.65. The summed E-state index contributed by atoms with van der Waals surface area (Å²) >= 11 is 0. The second-order valence-corrected chi connectivity index (χ2v) is 4.24. The van der Waals surface area contributed by atoms with Crippen molar-refractivity contribution in [3.63, 3.8) is 0 Å². The van der Waals surface area contributed by atoms with E-state index in [-0.39, 0.29) is 24.2 Å². The lowest BCUT2D eigenvalue weighted by Gasteiger charge is -2.37. The summed E-state index contributed by atoms with van der Waals surface area (Å²) < 4.78 is 0. The van der Waals surface area contributed by atoms with Gasteiger partial charge in [0.2, 0.25) is 0 Å². The molecule has 0 bridgehead atoms. The molecule has 0 aromatic carbocycles. The number of nitrogens with two attached hydrogens (primary N) is 1. The van der Waals surface area contributed by atoms with E-state index >= 15 is 0 Å². The molecular weight excluding hydrogens is 178 g/mol. The Kier molecular flexibility index (Phi) is 4.87. The average Bonchev–Trinajstić information content (AvgIpc) is 1.56. The Bertz CT molecular complexity index is 161. The molecule has 12 heavy (non-hydrogen) atoms. The van der Waals surface area contributed by atoms with E-state index < -0.39 is 11.5 Å². The van der Waals surface area contributed by atoms with Crippen LogP contribution in [0.2, 0.25) is 0 Å². The summed E-state index contributed by atoms with van der Waals surface area (Å²) in [6, 6.07) is 0. The van der Waals surface area contributed by atoms with Gasteiger partial charge in [0, 0.05) is 5.54 Å². The fourth-order valence-corrected chi connectivity index (χ4v) is 0.579. The highest BCUT2D eigenvalue weighted by molar-refractivity contribution is 5.85. The minimum absolute atomic E-state index is 0. The summed E-state index contributed by atoms with van der Waals surface area (Å²) in [5.74, 6) is -0.843. The molecule has 0 aromatic rings. The fourth-order valence-electron chi connectivity index (χ4n) is 0.579. The van der Waals surface area contributed by atoms with E-state index in [1.54, 1.807) is 6.92 Å². The minimum atomic E-state index is -0.843. The minimum Gasteiger partial charge on any atom is -0.481 e. The van der Waals surface area contributed by atoms with Crippen LogP contribution in [0.1, 0.15) is 34.1 Å². The van der Waals surface area contributed by atoms with Crippen molar-refractivity contribution >= 4 is 18.4 Å². The van der Waals surface area contributed by atoms with E-state index in [0.29, 0.717) is 0 Å². The van der Waals surface area contributed by atoms with Crippen molar-refractivity contribution < 1.29 is 9.90 Å². The van der Waals surface area contributed by atoms with Crippen LogP contribution in [0.15, 0.2) is 0 Å². The molecular formula is C8H18ClNO2. The van der Waals surface area contributed by atoms with Gasteiger partial charge in [-0.15, -0.1) is 12.4 Å². The molecule has 0 saturated heterocycles. The van der Waals surface area contributed by atoms with Crippen LogP contribution < -0.4 is 5.73 Å². The van der Waals surface area contributed by atoms with Gasteiger partial charge in [0.25, 0.3) is 0 Å². The monoisotopic (exact) mass is 195 g/mol. The first-order chi connectivity index (χ1) is 4.67. The molecule has 0 spiro atoms. The number of hydrogen-bond donors (Lipinski definition) is 2. The second kappa shape index (κ2) is 4.10. The van der Waals surface area contributed by atoms with Crippen molar-refractivity contribution in [2.75, 3.05) is 0 Å². The Morgan fingerprint density at radius 2 is 1.67 bits per heavy atom. The molecule has 1 unspecified atom stereocenters. The Labute approximate surface area is 79.7 Å². The van der Waals surface area contributed by atoms with E-state index in [4.69, 9.17) is 10.8 Å². The first-order valence-electron chi connectivity index (χ1n) is 3.67. The maximum atomic E-state index is 10.4. The summed E-state index contributed by atoms with van der Waals surface area (Å²) in [7, 11) is 0. The van der Waals surface area contributed by atoms with Crippen molar-refractivity contribution in [1.82, 2.24) is 0 Å². The first kappa shape index (κ1) is 14.3. The second-order valence-electron chi connectivity index (χ2n) is 4.24. The third-order valence-corrected chi connectivity index (χ3v) is 2.23. The summed E-state index contributed by atoms with van der Waals surface area (Å²) in [6.07, 6.45) is 0.0104. The molecule has 0 rings (SSSR count).